The SMILES string of the molecule is Cc1c(C(=O)NCCCCN2CCCC(C)C2)nnn1C1CCNCC1. The van der Waals surface area contributed by atoms with Crippen LogP contribution in [0.4, 0.5) is 0 Å². The minimum atomic E-state index is -0.0886. The van der Waals surface area contributed by atoms with E-state index in [-0.39, 0.29) is 5.91 Å². The van der Waals surface area contributed by atoms with E-state index in [4.69, 9.17) is 0 Å². The maximum Gasteiger partial charge on any atom is 0.273 e. The quantitative estimate of drug-likeness (QED) is 0.723. The van der Waals surface area contributed by atoms with E-state index in [1.54, 1.807) is 0 Å². The predicted molar refractivity (Wildman–Crippen MR) is 102 cm³/mol. The van der Waals surface area contributed by atoms with E-state index in [0.29, 0.717) is 18.3 Å². The molecular formula is C19H34N6O. The lowest BCUT2D eigenvalue weighted by atomic mass is 10.0. The summed E-state index contributed by atoms with van der Waals surface area (Å²) in [6.07, 6.45) is 6.92. The van der Waals surface area contributed by atoms with Gasteiger partial charge in [-0.2, -0.15) is 0 Å². The summed E-state index contributed by atoms with van der Waals surface area (Å²) in [4.78, 5) is 15.0. The molecule has 0 saturated carbocycles. The average Bonchev–Trinajstić information content (AvgIpc) is 3.03. The van der Waals surface area contributed by atoms with Gasteiger partial charge in [0.1, 0.15) is 0 Å². The number of hydrogen-bond donors (Lipinski definition) is 2. The van der Waals surface area contributed by atoms with Crippen molar-refractivity contribution in [2.75, 3.05) is 39.3 Å². The van der Waals surface area contributed by atoms with Crippen molar-refractivity contribution in [3.8, 4) is 0 Å². The van der Waals surface area contributed by atoms with Crippen LogP contribution < -0.4 is 10.6 Å². The third kappa shape index (κ3) is 5.04. The molecule has 3 heterocycles. The van der Waals surface area contributed by atoms with Gasteiger partial charge in [-0.15, -0.1) is 5.10 Å². The lowest BCUT2D eigenvalue weighted by Gasteiger charge is -2.30. The molecule has 0 radical (unpaired) electrons. The first-order chi connectivity index (χ1) is 12.6. The second-order valence-electron chi connectivity index (χ2n) is 7.96. The number of nitrogens with zero attached hydrogens (tertiary/aromatic N) is 4. The monoisotopic (exact) mass is 362 g/mol. The van der Waals surface area contributed by atoms with Crippen LogP contribution in [0.1, 0.15) is 67.7 Å². The van der Waals surface area contributed by atoms with Crippen molar-refractivity contribution in [2.24, 2.45) is 5.92 Å². The average molecular weight is 363 g/mol. The van der Waals surface area contributed by atoms with Crippen LogP contribution in [0.3, 0.4) is 0 Å². The van der Waals surface area contributed by atoms with Gasteiger partial charge >= 0.3 is 0 Å². The number of aromatic nitrogens is 3. The lowest BCUT2D eigenvalue weighted by Crippen LogP contribution is -2.35. The predicted octanol–water partition coefficient (Wildman–Crippen LogP) is 1.75. The molecule has 2 N–H and O–H groups in total. The van der Waals surface area contributed by atoms with E-state index in [2.05, 4.69) is 32.8 Å². The van der Waals surface area contributed by atoms with E-state index in [1.165, 1.54) is 25.9 Å². The molecule has 1 amide bonds. The Balaban J connectivity index is 1.39. The summed E-state index contributed by atoms with van der Waals surface area (Å²) in [5, 5.41) is 14.8. The van der Waals surface area contributed by atoms with Crippen molar-refractivity contribution < 1.29 is 4.79 Å². The van der Waals surface area contributed by atoms with E-state index in [1.807, 2.05) is 11.6 Å². The highest BCUT2D eigenvalue weighted by Crippen LogP contribution is 2.20. The molecule has 0 spiro atoms. The smallest absolute Gasteiger partial charge is 0.273 e. The fourth-order valence-corrected chi connectivity index (χ4v) is 4.18. The minimum absolute atomic E-state index is 0.0886. The van der Waals surface area contributed by atoms with Gasteiger partial charge in [0.05, 0.1) is 11.7 Å². The van der Waals surface area contributed by atoms with Crippen LogP contribution in [-0.2, 0) is 0 Å². The molecule has 2 fully saturated rings. The highest BCUT2D eigenvalue weighted by molar-refractivity contribution is 5.93. The fourth-order valence-electron chi connectivity index (χ4n) is 4.18. The highest BCUT2D eigenvalue weighted by Gasteiger charge is 2.22. The summed E-state index contributed by atoms with van der Waals surface area (Å²) in [5.41, 5.74) is 1.37. The molecule has 7 heteroatoms. The van der Waals surface area contributed by atoms with Crippen LogP contribution >= 0.6 is 0 Å². The van der Waals surface area contributed by atoms with Gasteiger partial charge in [0.25, 0.3) is 5.91 Å². The standard InChI is InChI=1S/C19H34N6O/c1-15-6-5-13-24(14-15)12-4-3-9-21-19(26)18-16(2)25(23-22-18)17-7-10-20-11-8-17/h15,17,20H,3-14H2,1-2H3,(H,21,26). The number of piperidine rings is 2. The van der Waals surface area contributed by atoms with Crippen molar-refractivity contribution >= 4 is 5.91 Å². The number of amides is 1. The molecule has 1 atom stereocenters. The molecule has 2 aliphatic heterocycles. The van der Waals surface area contributed by atoms with Crippen LogP contribution in [0, 0.1) is 12.8 Å². The van der Waals surface area contributed by atoms with E-state index >= 15 is 0 Å². The molecule has 0 aliphatic carbocycles. The Hall–Kier alpha value is -1.47. The van der Waals surface area contributed by atoms with Crippen molar-refractivity contribution in [1.29, 1.82) is 0 Å². The van der Waals surface area contributed by atoms with Crippen molar-refractivity contribution in [2.45, 2.75) is 58.4 Å². The molecule has 26 heavy (non-hydrogen) atoms. The second kappa shape index (κ2) is 9.46. The number of hydrogen-bond acceptors (Lipinski definition) is 5. The third-order valence-corrected chi connectivity index (χ3v) is 5.72. The Labute approximate surface area is 156 Å². The zero-order chi connectivity index (χ0) is 18.4. The summed E-state index contributed by atoms with van der Waals surface area (Å²) in [6, 6.07) is 0.359. The summed E-state index contributed by atoms with van der Waals surface area (Å²) in [5.74, 6) is 0.739. The molecular weight excluding hydrogens is 328 g/mol. The van der Waals surface area contributed by atoms with Gasteiger partial charge in [0.15, 0.2) is 5.69 Å². The van der Waals surface area contributed by atoms with E-state index < -0.39 is 0 Å². The number of unbranched alkanes of at least 4 members (excludes halogenated alkanes) is 1. The molecule has 2 saturated heterocycles. The summed E-state index contributed by atoms with van der Waals surface area (Å²) in [6.45, 7) is 10.6. The first kappa shape index (κ1) is 19.3. The highest BCUT2D eigenvalue weighted by atomic mass is 16.2. The topological polar surface area (TPSA) is 75.1 Å². The van der Waals surface area contributed by atoms with E-state index in [0.717, 1.165) is 56.9 Å². The molecule has 2 aliphatic rings. The molecule has 0 aromatic carbocycles. The van der Waals surface area contributed by atoms with Gasteiger partial charge in [-0.25, -0.2) is 4.68 Å². The molecule has 1 unspecified atom stereocenters. The maximum absolute atomic E-state index is 12.4. The first-order valence-electron chi connectivity index (χ1n) is 10.3. The van der Waals surface area contributed by atoms with Gasteiger partial charge in [-0.05, 0) is 77.5 Å². The van der Waals surface area contributed by atoms with Crippen molar-refractivity contribution in [3.63, 3.8) is 0 Å². The largest absolute Gasteiger partial charge is 0.351 e. The van der Waals surface area contributed by atoms with Crippen LogP contribution in [0.2, 0.25) is 0 Å². The number of carbonyl (C=O) groups is 1. The van der Waals surface area contributed by atoms with Gasteiger partial charge in [0, 0.05) is 13.1 Å². The first-order valence-corrected chi connectivity index (χ1v) is 10.3. The summed E-state index contributed by atoms with van der Waals surface area (Å²) in [7, 11) is 0. The number of nitrogens with one attached hydrogen (secondary N) is 2. The summed E-state index contributed by atoms with van der Waals surface area (Å²) < 4.78 is 1.94. The second-order valence-corrected chi connectivity index (χ2v) is 7.96. The number of rotatable bonds is 7. The molecule has 0 bridgehead atoms. The summed E-state index contributed by atoms with van der Waals surface area (Å²) >= 11 is 0. The maximum atomic E-state index is 12.4. The molecule has 3 rings (SSSR count). The Bertz CT molecular complexity index is 581. The van der Waals surface area contributed by atoms with Gasteiger partial charge in [0.2, 0.25) is 0 Å². The van der Waals surface area contributed by atoms with Crippen molar-refractivity contribution in [1.82, 2.24) is 30.5 Å². The molecule has 7 nitrogen and oxygen atoms in total. The normalized spacial score (nSPS) is 22.5. The number of likely N-dealkylation sites (tertiary alicyclic amines) is 1. The molecule has 1 aromatic heterocycles. The lowest BCUT2D eigenvalue weighted by molar-refractivity contribution is 0.0946. The Morgan fingerprint density at radius 3 is 2.85 bits per heavy atom. The van der Waals surface area contributed by atoms with Crippen LogP contribution in [-0.4, -0.2) is 65.1 Å². The van der Waals surface area contributed by atoms with Crippen LogP contribution in [0.5, 0.6) is 0 Å². The van der Waals surface area contributed by atoms with E-state index in [9.17, 15) is 4.79 Å². The van der Waals surface area contributed by atoms with Gasteiger partial charge < -0.3 is 15.5 Å². The Morgan fingerprint density at radius 2 is 2.08 bits per heavy atom. The van der Waals surface area contributed by atoms with Gasteiger partial charge in [-0.3, -0.25) is 4.79 Å². The Morgan fingerprint density at radius 1 is 1.27 bits per heavy atom. The fraction of sp³-hybridized carbons (Fsp3) is 0.842. The van der Waals surface area contributed by atoms with Crippen molar-refractivity contribution in [3.05, 3.63) is 11.4 Å². The Kier molecular flexibility index (Phi) is 7.02. The number of carbonyl (C=O) groups excluding carboxylic acids is 1. The molecule has 1 aromatic rings. The van der Waals surface area contributed by atoms with Gasteiger partial charge in [-0.1, -0.05) is 12.1 Å². The van der Waals surface area contributed by atoms with Crippen LogP contribution in [0.15, 0.2) is 0 Å². The zero-order valence-electron chi connectivity index (χ0n) is 16.3. The molecule has 146 valence electrons. The van der Waals surface area contributed by atoms with Crippen LogP contribution in [0.25, 0.3) is 0 Å². The minimum Gasteiger partial charge on any atom is -0.351 e. The zero-order valence-corrected chi connectivity index (χ0v) is 16.3. The third-order valence-electron chi connectivity index (χ3n) is 5.72.